The first-order chi connectivity index (χ1) is 9.28. The van der Waals surface area contributed by atoms with Gasteiger partial charge in [0.25, 0.3) is 0 Å². The highest BCUT2D eigenvalue weighted by molar-refractivity contribution is 5.85. The van der Waals surface area contributed by atoms with Gasteiger partial charge in [0.1, 0.15) is 0 Å². The molecule has 0 bridgehead atoms. The predicted octanol–water partition coefficient (Wildman–Crippen LogP) is 2.21. The van der Waals surface area contributed by atoms with Crippen molar-refractivity contribution < 1.29 is 4.79 Å². The molecule has 0 aromatic rings. The van der Waals surface area contributed by atoms with Crippen LogP contribution >= 0.6 is 24.8 Å². The second-order valence-corrected chi connectivity index (χ2v) is 6.01. The van der Waals surface area contributed by atoms with Crippen LogP contribution in [0.5, 0.6) is 0 Å². The summed E-state index contributed by atoms with van der Waals surface area (Å²) in [5, 5.41) is 6.46. The first-order valence-electron chi connectivity index (χ1n) is 8.00. The van der Waals surface area contributed by atoms with Crippen molar-refractivity contribution in [2.45, 2.75) is 51.5 Å². The highest BCUT2D eigenvalue weighted by Gasteiger charge is 2.19. The number of nitrogens with one attached hydrogen (secondary N) is 2. The Balaban J connectivity index is 0.00000200. The van der Waals surface area contributed by atoms with Gasteiger partial charge >= 0.3 is 0 Å². The third-order valence-electron chi connectivity index (χ3n) is 4.62. The summed E-state index contributed by atoms with van der Waals surface area (Å²) in [5.41, 5.74) is 0. The summed E-state index contributed by atoms with van der Waals surface area (Å²) in [6.07, 6.45) is 6.79. The lowest BCUT2D eigenvalue weighted by Gasteiger charge is -2.31. The lowest BCUT2D eigenvalue weighted by molar-refractivity contribution is -0.121. The molecular formula is C15H31Cl2N3O. The second kappa shape index (κ2) is 11.5. The van der Waals surface area contributed by atoms with Crippen molar-refractivity contribution in [1.82, 2.24) is 15.5 Å². The number of halogens is 2. The molecule has 2 saturated heterocycles. The highest BCUT2D eigenvalue weighted by Crippen LogP contribution is 2.19. The lowest BCUT2D eigenvalue weighted by atomic mass is 9.93. The largest absolute Gasteiger partial charge is 0.356 e. The molecule has 0 aliphatic carbocycles. The molecule has 6 heteroatoms. The number of carbonyl (C=O) groups excluding carboxylic acids is 1. The van der Waals surface area contributed by atoms with E-state index in [9.17, 15) is 4.79 Å². The van der Waals surface area contributed by atoms with Crippen molar-refractivity contribution in [2.75, 3.05) is 32.7 Å². The second-order valence-electron chi connectivity index (χ2n) is 6.01. The molecule has 4 nitrogen and oxygen atoms in total. The van der Waals surface area contributed by atoms with Crippen LogP contribution in [0.1, 0.15) is 45.4 Å². The molecular weight excluding hydrogens is 309 g/mol. The maximum atomic E-state index is 11.8. The Hall–Kier alpha value is -0.0300. The summed E-state index contributed by atoms with van der Waals surface area (Å²) in [4.78, 5) is 14.3. The molecule has 0 spiro atoms. The van der Waals surface area contributed by atoms with E-state index in [4.69, 9.17) is 0 Å². The van der Waals surface area contributed by atoms with Crippen molar-refractivity contribution in [2.24, 2.45) is 5.92 Å². The molecule has 2 aliphatic rings. The molecule has 1 unspecified atom stereocenters. The summed E-state index contributed by atoms with van der Waals surface area (Å²) in [6, 6.07) is 0.424. The number of hydrogen-bond donors (Lipinski definition) is 2. The van der Waals surface area contributed by atoms with Crippen LogP contribution in [0.15, 0.2) is 0 Å². The average Bonchev–Trinajstić information content (AvgIpc) is 2.92. The van der Waals surface area contributed by atoms with E-state index < -0.39 is 0 Å². The first kappa shape index (κ1) is 21.0. The minimum absolute atomic E-state index is 0. The Kier molecular flexibility index (Phi) is 11.5. The van der Waals surface area contributed by atoms with Gasteiger partial charge in [-0.2, -0.15) is 0 Å². The third-order valence-corrected chi connectivity index (χ3v) is 4.62. The number of nitrogens with zero attached hydrogens (tertiary/aromatic N) is 1. The third kappa shape index (κ3) is 7.68. The molecule has 2 fully saturated rings. The number of amides is 1. The fraction of sp³-hybridized carbons (Fsp3) is 0.933. The SMILES string of the molecule is CCN1CCC(CCNC(=O)CC2CCCN2)CC1.Cl.Cl. The molecule has 0 aromatic carbocycles. The van der Waals surface area contributed by atoms with Crippen molar-refractivity contribution >= 4 is 30.7 Å². The van der Waals surface area contributed by atoms with Crippen LogP contribution < -0.4 is 10.6 Å². The van der Waals surface area contributed by atoms with Gasteiger partial charge in [-0.15, -0.1) is 24.8 Å². The number of rotatable bonds is 6. The standard InChI is InChI=1S/C15H29N3O.2ClH/c1-2-18-10-6-13(7-11-18)5-9-17-15(19)12-14-4-3-8-16-14;;/h13-14,16H,2-12H2,1H3,(H,17,19);2*1H. The van der Waals surface area contributed by atoms with E-state index in [2.05, 4.69) is 22.5 Å². The van der Waals surface area contributed by atoms with E-state index in [0.717, 1.165) is 31.8 Å². The van der Waals surface area contributed by atoms with Crippen molar-refractivity contribution in [3.63, 3.8) is 0 Å². The van der Waals surface area contributed by atoms with Gasteiger partial charge in [-0.25, -0.2) is 0 Å². The maximum Gasteiger partial charge on any atom is 0.221 e. The minimum Gasteiger partial charge on any atom is -0.356 e. The van der Waals surface area contributed by atoms with Gasteiger partial charge in [0, 0.05) is 19.0 Å². The van der Waals surface area contributed by atoms with E-state index in [0.29, 0.717) is 12.5 Å². The molecule has 2 rings (SSSR count). The summed E-state index contributed by atoms with van der Waals surface area (Å²) < 4.78 is 0. The Morgan fingerprint density at radius 2 is 1.95 bits per heavy atom. The quantitative estimate of drug-likeness (QED) is 0.779. The number of carbonyl (C=O) groups is 1. The van der Waals surface area contributed by atoms with Gasteiger partial charge in [0.15, 0.2) is 0 Å². The molecule has 126 valence electrons. The number of hydrogen-bond acceptors (Lipinski definition) is 3. The van der Waals surface area contributed by atoms with Gasteiger partial charge in [-0.3, -0.25) is 4.79 Å². The zero-order chi connectivity index (χ0) is 13.5. The molecule has 2 N–H and O–H groups in total. The monoisotopic (exact) mass is 339 g/mol. The zero-order valence-corrected chi connectivity index (χ0v) is 14.7. The molecule has 1 atom stereocenters. The topological polar surface area (TPSA) is 44.4 Å². The molecule has 0 aromatic heterocycles. The molecule has 1 amide bonds. The van der Waals surface area contributed by atoms with Gasteiger partial charge in [-0.1, -0.05) is 6.92 Å². The molecule has 0 radical (unpaired) electrons. The Morgan fingerprint density at radius 3 is 2.52 bits per heavy atom. The van der Waals surface area contributed by atoms with Gasteiger partial charge in [0.05, 0.1) is 0 Å². The van der Waals surface area contributed by atoms with Crippen LogP contribution in [-0.4, -0.2) is 49.6 Å². The van der Waals surface area contributed by atoms with E-state index >= 15 is 0 Å². The number of likely N-dealkylation sites (tertiary alicyclic amines) is 1. The lowest BCUT2D eigenvalue weighted by Crippen LogP contribution is -2.36. The highest BCUT2D eigenvalue weighted by atomic mass is 35.5. The summed E-state index contributed by atoms with van der Waals surface area (Å²) in [5.74, 6) is 1.04. The molecule has 2 aliphatic heterocycles. The van der Waals surface area contributed by atoms with E-state index in [1.807, 2.05) is 0 Å². The molecule has 0 saturated carbocycles. The van der Waals surface area contributed by atoms with Crippen molar-refractivity contribution in [3.8, 4) is 0 Å². The first-order valence-corrected chi connectivity index (χ1v) is 8.00. The zero-order valence-electron chi connectivity index (χ0n) is 13.1. The van der Waals surface area contributed by atoms with Crippen LogP contribution in [0.4, 0.5) is 0 Å². The van der Waals surface area contributed by atoms with Crippen molar-refractivity contribution in [3.05, 3.63) is 0 Å². The summed E-state index contributed by atoms with van der Waals surface area (Å²) >= 11 is 0. The normalized spacial score (nSPS) is 23.2. The summed E-state index contributed by atoms with van der Waals surface area (Å²) in [6.45, 7) is 7.83. The fourth-order valence-electron chi connectivity index (χ4n) is 3.23. The average molecular weight is 340 g/mol. The van der Waals surface area contributed by atoms with Crippen LogP contribution in [-0.2, 0) is 4.79 Å². The minimum atomic E-state index is 0. The summed E-state index contributed by atoms with van der Waals surface area (Å²) in [7, 11) is 0. The van der Waals surface area contributed by atoms with E-state index in [-0.39, 0.29) is 30.7 Å². The van der Waals surface area contributed by atoms with Crippen LogP contribution in [0.3, 0.4) is 0 Å². The molecule has 21 heavy (non-hydrogen) atoms. The van der Waals surface area contributed by atoms with Gasteiger partial charge in [-0.05, 0) is 64.2 Å². The van der Waals surface area contributed by atoms with E-state index in [1.165, 1.54) is 38.9 Å². The Morgan fingerprint density at radius 1 is 1.24 bits per heavy atom. The van der Waals surface area contributed by atoms with E-state index in [1.54, 1.807) is 0 Å². The van der Waals surface area contributed by atoms with Crippen LogP contribution in [0.25, 0.3) is 0 Å². The van der Waals surface area contributed by atoms with Crippen molar-refractivity contribution in [1.29, 1.82) is 0 Å². The maximum absolute atomic E-state index is 11.8. The van der Waals surface area contributed by atoms with Crippen LogP contribution in [0, 0.1) is 5.92 Å². The van der Waals surface area contributed by atoms with Gasteiger partial charge in [0.2, 0.25) is 5.91 Å². The Labute approximate surface area is 141 Å². The molecule has 2 heterocycles. The van der Waals surface area contributed by atoms with Crippen LogP contribution in [0.2, 0.25) is 0 Å². The predicted molar refractivity (Wildman–Crippen MR) is 92.6 cm³/mol. The fourth-order valence-corrected chi connectivity index (χ4v) is 3.23. The smallest absolute Gasteiger partial charge is 0.221 e. The number of piperidine rings is 1. The Bertz CT molecular complexity index is 278. The van der Waals surface area contributed by atoms with Gasteiger partial charge < -0.3 is 15.5 Å².